The number of nitriles is 3. The van der Waals surface area contributed by atoms with Crippen molar-refractivity contribution in [2.75, 3.05) is 0 Å². The standard InChI is InChI=1S/3CHN.Fe/c3*1-2;/h3*1H;. The Kier molecular flexibility index (Phi) is 419. The first kappa shape index (κ1) is 37.7. The second-order valence-electron chi connectivity index (χ2n) is 0. The maximum atomic E-state index is 6.50. The minimum atomic E-state index is 0. The van der Waals surface area contributed by atoms with Gasteiger partial charge >= 0.3 is 0 Å². The van der Waals surface area contributed by atoms with E-state index in [-0.39, 0.29) is 17.1 Å². The van der Waals surface area contributed by atoms with E-state index in [9.17, 15) is 0 Å². The zero-order valence-corrected chi connectivity index (χ0v) is 4.53. The second kappa shape index (κ2) is 77.8. The Balaban J connectivity index is -0.00000000900. The van der Waals surface area contributed by atoms with Crippen LogP contribution in [-0.4, -0.2) is 0 Å². The largest absolute Gasteiger partial charge is 0.202 e. The third kappa shape index (κ3) is 43.7. The fraction of sp³-hybridized carbons (Fsp3) is 0. The molecule has 0 aliphatic heterocycles. The molecule has 0 unspecified atom stereocenters. The van der Waals surface area contributed by atoms with Crippen molar-refractivity contribution in [1.82, 2.24) is 0 Å². The summed E-state index contributed by atoms with van der Waals surface area (Å²) in [5, 5.41) is 19.5. The van der Waals surface area contributed by atoms with Gasteiger partial charge in [0, 0.05) is 36.8 Å². The molecule has 0 spiro atoms. The smallest absolute Gasteiger partial charge is 0.0462 e. The Morgan fingerprint density at radius 1 is 0.571 bits per heavy atom. The van der Waals surface area contributed by atoms with E-state index in [2.05, 4.69) is 19.7 Å². The van der Waals surface area contributed by atoms with E-state index in [0.717, 1.165) is 0 Å². The van der Waals surface area contributed by atoms with Crippen LogP contribution in [0.1, 0.15) is 0 Å². The molecule has 3 nitrogen and oxygen atoms in total. The SMILES string of the molecule is C#N.C#N.C#N.[Fe]. The average molecular weight is 137 g/mol. The second-order valence-corrected chi connectivity index (χ2v) is 0. The summed E-state index contributed by atoms with van der Waals surface area (Å²) in [6, 6.07) is 0. The van der Waals surface area contributed by atoms with Gasteiger partial charge in [0.15, 0.2) is 0 Å². The van der Waals surface area contributed by atoms with Crippen molar-refractivity contribution in [3.8, 4) is 19.7 Å². The van der Waals surface area contributed by atoms with E-state index >= 15 is 0 Å². The van der Waals surface area contributed by atoms with Gasteiger partial charge in [-0.15, -0.1) is 0 Å². The van der Waals surface area contributed by atoms with E-state index < -0.39 is 0 Å². The summed E-state index contributed by atoms with van der Waals surface area (Å²) < 4.78 is 0. The monoisotopic (exact) mass is 137 g/mol. The van der Waals surface area contributed by atoms with Crippen molar-refractivity contribution >= 4 is 0 Å². The van der Waals surface area contributed by atoms with E-state index in [1.807, 2.05) is 0 Å². The molecule has 0 aromatic carbocycles. The van der Waals surface area contributed by atoms with Gasteiger partial charge in [0.1, 0.15) is 0 Å². The van der Waals surface area contributed by atoms with E-state index in [4.69, 9.17) is 15.8 Å². The summed E-state index contributed by atoms with van der Waals surface area (Å²) in [7, 11) is 0. The quantitative estimate of drug-likeness (QED) is 0.454. The Hall–Kier alpha value is -1.01. The summed E-state index contributed by atoms with van der Waals surface area (Å²) in [6.45, 7) is 10.5. The van der Waals surface area contributed by atoms with Crippen molar-refractivity contribution < 1.29 is 17.1 Å². The van der Waals surface area contributed by atoms with Crippen molar-refractivity contribution in [3.63, 3.8) is 0 Å². The zero-order valence-electron chi connectivity index (χ0n) is 3.43. The predicted octanol–water partition coefficient (Wildman–Crippen LogP) is 0.417. The van der Waals surface area contributed by atoms with Crippen LogP contribution in [0.2, 0.25) is 0 Å². The predicted molar refractivity (Wildman–Crippen MR) is 20.0 cm³/mol. The zero-order chi connectivity index (χ0) is 6.00. The minimum absolute atomic E-state index is 0. The Morgan fingerprint density at radius 2 is 0.571 bits per heavy atom. The Morgan fingerprint density at radius 3 is 0.571 bits per heavy atom. The Bertz CT molecular complexity index is 38.7. The molecule has 4 heteroatoms. The van der Waals surface area contributed by atoms with Crippen molar-refractivity contribution in [3.05, 3.63) is 0 Å². The number of hydrogen-bond acceptors (Lipinski definition) is 3. The number of rotatable bonds is 0. The number of hydrogen-bond donors (Lipinski definition) is 0. The molecule has 38 valence electrons. The van der Waals surface area contributed by atoms with Gasteiger partial charge in [-0.25, -0.2) is 15.8 Å². The van der Waals surface area contributed by atoms with Crippen LogP contribution in [0.25, 0.3) is 0 Å². The van der Waals surface area contributed by atoms with Crippen molar-refractivity contribution in [2.45, 2.75) is 0 Å². The third-order valence-electron chi connectivity index (χ3n) is 0. The molecule has 0 heterocycles. The topological polar surface area (TPSA) is 71.4 Å². The van der Waals surface area contributed by atoms with Gasteiger partial charge in [-0.3, -0.25) is 0 Å². The van der Waals surface area contributed by atoms with Crippen LogP contribution in [0.15, 0.2) is 0 Å². The Labute approximate surface area is 53.3 Å². The van der Waals surface area contributed by atoms with Gasteiger partial charge in [0.05, 0.1) is 0 Å². The van der Waals surface area contributed by atoms with Gasteiger partial charge in [-0.2, -0.15) is 0 Å². The molecule has 0 aliphatic rings. The summed E-state index contributed by atoms with van der Waals surface area (Å²) in [4.78, 5) is 0. The fourth-order valence-electron chi connectivity index (χ4n) is 0. The first-order chi connectivity index (χ1) is 3.00. The molecule has 0 saturated heterocycles. The molecule has 0 bridgehead atoms. The van der Waals surface area contributed by atoms with Gasteiger partial charge in [-0.1, -0.05) is 0 Å². The van der Waals surface area contributed by atoms with Gasteiger partial charge in [0.2, 0.25) is 0 Å². The van der Waals surface area contributed by atoms with Gasteiger partial charge in [0.25, 0.3) is 0 Å². The van der Waals surface area contributed by atoms with Crippen LogP contribution < -0.4 is 0 Å². The molecule has 7 heavy (non-hydrogen) atoms. The van der Waals surface area contributed by atoms with Crippen LogP contribution in [0, 0.1) is 35.5 Å². The van der Waals surface area contributed by atoms with E-state index in [1.54, 1.807) is 0 Å². The molecule has 0 aromatic heterocycles. The molecule has 0 aromatic rings. The molecule has 0 amide bonds. The molecule has 0 radical (unpaired) electrons. The summed E-state index contributed by atoms with van der Waals surface area (Å²) in [6.07, 6.45) is 0. The summed E-state index contributed by atoms with van der Waals surface area (Å²) in [5.41, 5.74) is 0. The first-order valence-corrected chi connectivity index (χ1v) is 0.775. The van der Waals surface area contributed by atoms with E-state index in [0.29, 0.717) is 0 Å². The molecular weight excluding hydrogens is 134 g/mol. The molecule has 0 atom stereocenters. The van der Waals surface area contributed by atoms with Gasteiger partial charge < -0.3 is 0 Å². The number of nitrogens with zero attached hydrogens (tertiary/aromatic N) is 3. The molecular formula is C3H3FeN3. The normalized spacial score (nSPS) is 0.857. The van der Waals surface area contributed by atoms with Crippen LogP contribution in [0.4, 0.5) is 0 Å². The van der Waals surface area contributed by atoms with Crippen LogP contribution >= 0.6 is 0 Å². The molecule has 0 rings (SSSR count). The van der Waals surface area contributed by atoms with Crippen LogP contribution in [-0.2, 0) is 17.1 Å². The molecule has 0 saturated carbocycles. The summed E-state index contributed by atoms with van der Waals surface area (Å²) in [5.74, 6) is 0. The first-order valence-electron chi connectivity index (χ1n) is 0.775. The molecule has 0 N–H and O–H groups in total. The van der Waals surface area contributed by atoms with Gasteiger partial charge in [-0.05, 0) is 0 Å². The van der Waals surface area contributed by atoms with Crippen LogP contribution in [0.3, 0.4) is 0 Å². The maximum Gasteiger partial charge on any atom is 0.0462 e. The van der Waals surface area contributed by atoms with Crippen molar-refractivity contribution in [2.24, 2.45) is 0 Å². The minimum Gasteiger partial charge on any atom is -0.202 e. The summed E-state index contributed by atoms with van der Waals surface area (Å²) >= 11 is 0. The fourth-order valence-corrected chi connectivity index (χ4v) is 0. The van der Waals surface area contributed by atoms with Crippen LogP contribution in [0.5, 0.6) is 0 Å². The van der Waals surface area contributed by atoms with E-state index in [1.165, 1.54) is 0 Å². The molecule has 0 aliphatic carbocycles. The average Bonchev–Trinajstić information content (AvgIpc) is 1.81. The maximum absolute atomic E-state index is 6.50. The van der Waals surface area contributed by atoms with Crippen molar-refractivity contribution in [1.29, 1.82) is 15.8 Å². The molecule has 0 fully saturated rings. The third-order valence-corrected chi connectivity index (χ3v) is 0.